The van der Waals surface area contributed by atoms with E-state index < -0.39 is 5.97 Å². The number of amides is 1. The molecule has 0 atom stereocenters. The Bertz CT molecular complexity index is 1200. The van der Waals surface area contributed by atoms with Gasteiger partial charge in [0.25, 0.3) is 0 Å². The molecule has 3 aromatic rings. The standard InChI is InChI=1S/C21H19ClN4O3S/c1-10(27)23-21-24-15-7-6-13-17(11-3-2-4-11)25-26(18(13)19(15)30-21)16-8-5-12(20(28)29)9-14(16)22/h5,8-9,11H,2-4,6-7H2,1H3,(H,28,29)(H,23,24,27). The molecule has 0 unspecified atom stereocenters. The van der Waals surface area contributed by atoms with Crippen LogP contribution < -0.4 is 5.32 Å². The maximum Gasteiger partial charge on any atom is 0.335 e. The van der Waals surface area contributed by atoms with Gasteiger partial charge in [-0.2, -0.15) is 5.10 Å². The molecule has 2 N–H and O–H groups in total. The number of carbonyl (C=O) groups is 2. The van der Waals surface area contributed by atoms with E-state index in [-0.39, 0.29) is 11.5 Å². The normalized spacial score (nSPS) is 15.3. The van der Waals surface area contributed by atoms with E-state index in [0.717, 1.165) is 47.6 Å². The van der Waals surface area contributed by atoms with Gasteiger partial charge in [-0.25, -0.2) is 14.5 Å². The van der Waals surface area contributed by atoms with Crippen LogP contribution >= 0.6 is 22.9 Å². The lowest BCUT2D eigenvalue weighted by Crippen LogP contribution is -2.12. The van der Waals surface area contributed by atoms with Gasteiger partial charge in [0.2, 0.25) is 5.91 Å². The zero-order chi connectivity index (χ0) is 21.0. The molecule has 1 aromatic carbocycles. The van der Waals surface area contributed by atoms with E-state index in [1.54, 1.807) is 12.1 Å². The molecular weight excluding hydrogens is 424 g/mol. The lowest BCUT2D eigenvalue weighted by atomic mass is 9.80. The van der Waals surface area contributed by atoms with Crippen molar-refractivity contribution in [1.82, 2.24) is 14.8 Å². The van der Waals surface area contributed by atoms with Crippen molar-refractivity contribution in [2.45, 2.75) is 44.9 Å². The predicted octanol–water partition coefficient (Wildman–Crippen LogP) is 4.67. The summed E-state index contributed by atoms with van der Waals surface area (Å²) in [5.74, 6) is -0.732. The lowest BCUT2D eigenvalue weighted by Gasteiger charge is -2.25. The second-order valence-corrected chi connectivity index (χ2v) is 9.11. The van der Waals surface area contributed by atoms with E-state index in [1.807, 2.05) is 4.68 Å². The number of aromatic nitrogens is 3. The maximum absolute atomic E-state index is 11.5. The minimum atomic E-state index is -1.02. The van der Waals surface area contributed by atoms with Crippen LogP contribution in [0.5, 0.6) is 0 Å². The minimum absolute atomic E-state index is 0.135. The van der Waals surface area contributed by atoms with Gasteiger partial charge < -0.3 is 10.4 Å². The monoisotopic (exact) mass is 442 g/mol. The zero-order valence-corrected chi connectivity index (χ0v) is 17.8. The molecule has 1 saturated carbocycles. The predicted molar refractivity (Wildman–Crippen MR) is 115 cm³/mol. The highest BCUT2D eigenvalue weighted by Gasteiger charge is 2.34. The van der Waals surface area contributed by atoms with Gasteiger partial charge in [0, 0.05) is 18.4 Å². The number of carboxylic acid groups (broad SMARTS) is 1. The first-order chi connectivity index (χ1) is 14.4. The van der Waals surface area contributed by atoms with E-state index in [4.69, 9.17) is 16.7 Å². The molecule has 2 heterocycles. The Kier molecular flexibility index (Phi) is 4.63. The number of fused-ring (bicyclic) bond motifs is 3. The van der Waals surface area contributed by atoms with Crippen LogP contribution in [0.4, 0.5) is 5.13 Å². The quantitative estimate of drug-likeness (QED) is 0.611. The first-order valence-corrected chi connectivity index (χ1v) is 11.0. The Morgan fingerprint density at radius 2 is 2.10 bits per heavy atom. The third kappa shape index (κ3) is 3.11. The molecule has 0 aliphatic heterocycles. The van der Waals surface area contributed by atoms with Crippen molar-refractivity contribution in [3.8, 4) is 16.3 Å². The molecule has 9 heteroatoms. The molecule has 0 saturated heterocycles. The summed E-state index contributed by atoms with van der Waals surface area (Å²) < 4.78 is 1.84. The van der Waals surface area contributed by atoms with E-state index in [1.165, 1.54) is 36.3 Å². The topological polar surface area (TPSA) is 97.1 Å². The fourth-order valence-corrected chi connectivity index (χ4v) is 5.47. The van der Waals surface area contributed by atoms with Crippen LogP contribution in [-0.2, 0) is 17.6 Å². The number of benzene rings is 1. The summed E-state index contributed by atoms with van der Waals surface area (Å²) in [6.45, 7) is 1.47. The molecule has 154 valence electrons. The molecule has 0 radical (unpaired) electrons. The third-order valence-electron chi connectivity index (χ3n) is 5.74. The Morgan fingerprint density at radius 1 is 1.30 bits per heavy atom. The lowest BCUT2D eigenvalue weighted by molar-refractivity contribution is -0.114. The molecule has 2 aliphatic carbocycles. The third-order valence-corrected chi connectivity index (χ3v) is 7.06. The number of anilines is 1. The van der Waals surface area contributed by atoms with Crippen LogP contribution in [0.2, 0.25) is 5.02 Å². The van der Waals surface area contributed by atoms with Crippen molar-refractivity contribution in [3.63, 3.8) is 0 Å². The number of aryl methyl sites for hydroxylation is 1. The number of carbonyl (C=O) groups excluding carboxylic acids is 1. The molecule has 2 aliphatic rings. The van der Waals surface area contributed by atoms with Crippen LogP contribution in [0.15, 0.2) is 18.2 Å². The Morgan fingerprint density at radius 3 is 2.73 bits per heavy atom. The van der Waals surface area contributed by atoms with Gasteiger partial charge in [0.15, 0.2) is 5.13 Å². The van der Waals surface area contributed by atoms with Gasteiger partial charge in [-0.3, -0.25) is 4.79 Å². The Labute approximate surface area is 181 Å². The van der Waals surface area contributed by atoms with E-state index in [2.05, 4.69) is 10.3 Å². The maximum atomic E-state index is 11.5. The summed E-state index contributed by atoms with van der Waals surface area (Å²) in [5, 5.41) is 17.9. The first-order valence-electron chi connectivity index (χ1n) is 9.85. The highest BCUT2D eigenvalue weighted by molar-refractivity contribution is 7.19. The van der Waals surface area contributed by atoms with Crippen molar-refractivity contribution in [2.75, 3.05) is 5.32 Å². The summed E-state index contributed by atoms with van der Waals surface area (Å²) in [6, 6.07) is 4.70. The van der Waals surface area contributed by atoms with Gasteiger partial charge in [0.1, 0.15) is 0 Å². The van der Waals surface area contributed by atoms with E-state index in [9.17, 15) is 14.7 Å². The second kappa shape index (κ2) is 7.21. The van der Waals surface area contributed by atoms with Gasteiger partial charge in [-0.15, -0.1) is 0 Å². The van der Waals surface area contributed by atoms with Crippen LogP contribution in [0.25, 0.3) is 16.3 Å². The number of hydrogen-bond acceptors (Lipinski definition) is 5. The van der Waals surface area contributed by atoms with Crippen LogP contribution in [0.1, 0.15) is 59.4 Å². The number of hydrogen-bond donors (Lipinski definition) is 2. The number of nitrogens with zero attached hydrogens (tertiary/aromatic N) is 3. The number of aromatic carboxylic acids is 1. The molecule has 1 fully saturated rings. The summed E-state index contributed by atoms with van der Waals surface area (Å²) >= 11 is 7.93. The zero-order valence-electron chi connectivity index (χ0n) is 16.2. The summed E-state index contributed by atoms with van der Waals surface area (Å²) in [6.07, 6.45) is 5.10. The van der Waals surface area contributed by atoms with Crippen molar-refractivity contribution < 1.29 is 14.7 Å². The molecular formula is C21H19ClN4O3S. The largest absolute Gasteiger partial charge is 0.478 e. The molecule has 30 heavy (non-hydrogen) atoms. The summed E-state index contributed by atoms with van der Waals surface area (Å²) in [7, 11) is 0. The summed E-state index contributed by atoms with van der Waals surface area (Å²) in [4.78, 5) is 28.4. The highest BCUT2D eigenvalue weighted by atomic mass is 35.5. The number of rotatable bonds is 4. The van der Waals surface area contributed by atoms with Crippen LogP contribution in [0, 0.1) is 0 Å². The van der Waals surface area contributed by atoms with Gasteiger partial charge in [-0.1, -0.05) is 29.4 Å². The number of nitrogens with one attached hydrogen (secondary N) is 1. The van der Waals surface area contributed by atoms with Crippen molar-refractivity contribution in [2.24, 2.45) is 0 Å². The van der Waals surface area contributed by atoms with E-state index >= 15 is 0 Å². The van der Waals surface area contributed by atoms with Gasteiger partial charge >= 0.3 is 5.97 Å². The van der Waals surface area contributed by atoms with Crippen molar-refractivity contribution in [1.29, 1.82) is 0 Å². The number of carboxylic acids is 1. The average molecular weight is 443 g/mol. The van der Waals surface area contributed by atoms with Gasteiger partial charge in [-0.05, 0) is 43.9 Å². The minimum Gasteiger partial charge on any atom is -0.478 e. The molecule has 2 aromatic heterocycles. The van der Waals surface area contributed by atoms with E-state index in [0.29, 0.717) is 21.8 Å². The average Bonchev–Trinajstić information content (AvgIpc) is 3.20. The molecule has 7 nitrogen and oxygen atoms in total. The molecule has 5 rings (SSSR count). The SMILES string of the molecule is CC(=O)Nc1nc2c(s1)-c1c(c(C3CCC3)nn1-c1ccc(C(=O)O)cc1Cl)CC2. The summed E-state index contributed by atoms with van der Waals surface area (Å²) in [5.41, 5.74) is 4.99. The molecule has 0 spiro atoms. The Balaban J connectivity index is 1.69. The smallest absolute Gasteiger partial charge is 0.335 e. The fraction of sp³-hybridized carbons (Fsp3) is 0.333. The highest BCUT2D eigenvalue weighted by Crippen LogP contribution is 2.47. The molecule has 1 amide bonds. The second-order valence-electron chi connectivity index (χ2n) is 7.70. The number of halogens is 1. The molecule has 0 bridgehead atoms. The first kappa shape index (κ1) is 19.3. The van der Waals surface area contributed by atoms with Crippen molar-refractivity contribution in [3.05, 3.63) is 45.7 Å². The van der Waals surface area contributed by atoms with Gasteiger partial charge in [0.05, 0.1) is 38.2 Å². The van der Waals surface area contributed by atoms with Crippen molar-refractivity contribution >= 4 is 39.9 Å². The number of thiazole rings is 1. The fourth-order valence-electron chi connectivity index (χ4n) is 4.10. The van der Waals surface area contributed by atoms with Crippen LogP contribution in [0.3, 0.4) is 0 Å². The Hall–Kier alpha value is -2.71. The van der Waals surface area contributed by atoms with Crippen LogP contribution in [-0.4, -0.2) is 31.7 Å².